The molecule has 0 aromatic heterocycles. The number of carbonyl (C=O) groups is 1. The zero-order valence-corrected chi connectivity index (χ0v) is 16.5. The van der Waals surface area contributed by atoms with Gasteiger partial charge in [0.2, 0.25) is 0 Å². The average Bonchev–Trinajstić information content (AvgIpc) is 2.68. The predicted molar refractivity (Wildman–Crippen MR) is 103 cm³/mol. The van der Waals surface area contributed by atoms with E-state index in [1.165, 1.54) is 37.8 Å². The lowest BCUT2D eigenvalue weighted by atomic mass is 9.79. The minimum atomic E-state index is -0.818. The van der Waals surface area contributed by atoms with E-state index in [2.05, 4.69) is 6.92 Å². The predicted octanol–water partition coefficient (Wildman–Crippen LogP) is 6.09. The van der Waals surface area contributed by atoms with Gasteiger partial charge in [0.1, 0.15) is 11.9 Å². The Morgan fingerprint density at radius 1 is 1.11 bits per heavy atom. The Bertz CT molecular complexity index is 631. The number of hydrogen-bond donors (Lipinski definition) is 0. The van der Waals surface area contributed by atoms with E-state index in [0.717, 1.165) is 19.3 Å². The van der Waals surface area contributed by atoms with Crippen LogP contribution in [0.15, 0.2) is 30.1 Å². The number of benzene rings is 1. The number of methoxy groups -OCH3 is 1. The van der Waals surface area contributed by atoms with Gasteiger partial charge in [0, 0.05) is 18.6 Å². The number of esters is 1. The number of carbonyl (C=O) groups excluding carboxylic acids is 1. The van der Waals surface area contributed by atoms with Crippen molar-refractivity contribution in [3.63, 3.8) is 0 Å². The Labute approximate surface area is 160 Å². The van der Waals surface area contributed by atoms with Crippen LogP contribution in [-0.4, -0.2) is 25.8 Å². The summed E-state index contributed by atoms with van der Waals surface area (Å²) in [6, 6.07) is 5.77. The lowest BCUT2D eigenvalue weighted by Crippen LogP contribution is -2.19. The van der Waals surface area contributed by atoms with Gasteiger partial charge >= 0.3 is 5.97 Å². The minimum Gasteiger partial charge on any atom is -0.457 e. The summed E-state index contributed by atoms with van der Waals surface area (Å²) in [5.41, 5.74) is 0.458. The lowest BCUT2D eigenvalue weighted by molar-refractivity contribution is 0.0120. The molecular formula is C22H30F2O3. The molecule has 5 heteroatoms. The van der Waals surface area contributed by atoms with Crippen molar-refractivity contribution in [2.45, 2.75) is 58.5 Å². The van der Waals surface area contributed by atoms with E-state index in [0.29, 0.717) is 30.9 Å². The molecule has 1 aromatic rings. The Morgan fingerprint density at radius 2 is 1.70 bits per heavy atom. The maximum Gasteiger partial charge on any atom is 0.338 e. The number of rotatable bonds is 8. The van der Waals surface area contributed by atoms with E-state index in [9.17, 15) is 13.6 Å². The third-order valence-corrected chi connectivity index (χ3v) is 5.20. The lowest BCUT2D eigenvalue weighted by Gasteiger charge is -2.27. The second-order valence-electron chi connectivity index (χ2n) is 7.42. The summed E-state index contributed by atoms with van der Waals surface area (Å²) in [6.07, 6.45) is 5.26. The van der Waals surface area contributed by atoms with Crippen molar-refractivity contribution in [2.75, 3.05) is 13.7 Å². The Morgan fingerprint density at radius 3 is 2.26 bits per heavy atom. The molecule has 0 heterocycles. The largest absolute Gasteiger partial charge is 0.457 e. The van der Waals surface area contributed by atoms with Crippen LogP contribution in [0.25, 0.3) is 5.83 Å². The highest BCUT2D eigenvalue weighted by Crippen LogP contribution is 2.38. The van der Waals surface area contributed by atoms with Gasteiger partial charge in [-0.25, -0.2) is 13.6 Å². The van der Waals surface area contributed by atoms with Gasteiger partial charge in [-0.05, 0) is 50.7 Å². The topological polar surface area (TPSA) is 35.5 Å². The normalized spacial score (nSPS) is 22.1. The third-order valence-electron chi connectivity index (χ3n) is 5.20. The summed E-state index contributed by atoms with van der Waals surface area (Å²) in [5.74, 6) is -1.67. The molecule has 1 aromatic carbocycles. The maximum absolute atomic E-state index is 14.6. The zero-order chi connectivity index (χ0) is 19.8. The fourth-order valence-electron chi connectivity index (χ4n) is 3.70. The monoisotopic (exact) mass is 380 g/mol. The number of halogens is 2. The number of allylic oxidation sites excluding steroid dienone is 1. The standard InChI is InChI=1S/C22H30F2O3/c1-4-5-16-6-8-17(9-7-16)20(23)21(24)18-10-12-19(13-11-18)22(25)27-15(2)14-26-3/h10-13,15-17H,4-9,14H2,1-3H3/b21-20+. The van der Waals surface area contributed by atoms with Crippen LogP contribution >= 0.6 is 0 Å². The van der Waals surface area contributed by atoms with Crippen LogP contribution in [0, 0.1) is 11.8 Å². The molecule has 1 aliphatic rings. The van der Waals surface area contributed by atoms with Crippen LogP contribution in [0.1, 0.15) is 68.3 Å². The average molecular weight is 380 g/mol. The van der Waals surface area contributed by atoms with Crippen LogP contribution in [0.4, 0.5) is 8.78 Å². The Balaban J connectivity index is 2.00. The van der Waals surface area contributed by atoms with Crippen molar-refractivity contribution in [2.24, 2.45) is 11.8 Å². The van der Waals surface area contributed by atoms with Gasteiger partial charge in [0.05, 0.1) is 12.2 Å². The molecule has 3 nitrogen and oxygen atoms in total. The zero-order valence-electron chi connectivity index (χ0n) is 16.5. The quantitative estimate of drug-likeness (QED) is 0.512. The second kappa shape index (κ2) is 10.5. The molecule has 0 bridgehead atoms. The molecule has 1 unspecified atom stereocenters. The van der Waals surface area contributed by atoms with E-state index in [4.69, 9.17) is 9.47 Å². The van der Waals surface area contributed by atoms with E-state index >= 15 is 0 Å². The number of ether oxygens (including phenoxy) is 2. The molecule has 1 saturated carbocycles. The smallest absolute Gasteiger partial charge is 0.338 e. The van der Waals surface area contributed by atoms with E-state index < -0.39 is 17.6 Å². The fourth-order valence-corrected chi connectivity index (χ4v) is 3.70. The molecule has 1 fully saturated rings. The van der Waals surface area contributed by atoms with Crippen molar-refractivity contribution in [1.82, 2.24) is 0 Å². The number of hydrogen-bond acceptors (Lipinski definition) is 3. The highest BCUT2D eigenvalue weighted by molar-refractivity contribution is 5.89. The summed E-state index contributed by atoms with van der Waals surface area (Å²) in [6.45, 7) is 4.18. The van der Waals surface area contributed by atoms with Crippen LogP contribution in [0.3, 0.4) is 0 Å². The summed E-state index contributed by atoms with van der Waals surface area (Å²) in [7, 11) is 1.53. The van der Waals surface area contributed by atoms with Crippen molar-refractivity contribution in [3.05, 3.63) is 41.2 Å². The molecule has 0 radical (unpaired) electrons. The van der Waals surface area contributed by atoms with E-state index in [-0.39, 0.29) is 17.6 Å². The molecule has 27 heavy (non-hydrogen) atoms. The summed E-state index contributed by atoms with van der Waals surface area (Å²) in [4.78, 5) is 12.0. The Hall–Kier alpha value is -1.75. The maximum atomic E-state index is 14.6. The minimum absolute atomic E-state index is 0.157. The van der Waals surface area contributed by atoms with Gasteiger partial charge < -0.3 is 9.47 Å². The van der Waals surface area contributed by atoms with Crippen LogP contribution < -0.4 is 0 Å². The van der Waals surface area contributed by atoms with Gasteiger partial charge in [-0.15, -0.1) is 0 Å². The van der Waals surface area contributed by atoms with E-state index in [1.54, 1.807) is 6.92 Å². The van der Waals surface area contributed by atoms with Gasteiger partial charge in [0.25, 0.3) is 0 Å². The molecule has 0 aliphatic heterocycles. The molecule has 1 aliphatic carbocycles. The van der Waals surface area contributed by atoms with Crippen molar-refractivity contribution >= 4 is 11.8 Å². The molecule has 2 rings (SSSR count). The van der Waals surface area contributed by atoms with Crippen LogP contribution in [0.2, 0.25) is 0 Å². The highest BCUT2D eigenvalue weighted by atomic mass is 19.2. The van der Waals surface area contributed by atoms with Gasteiger partial charge in [-0.1, -0.05) is 31.9 Å². The first kappa shape index (κ1) is 21.5. The van der Waals surface area contributed by atoms with Gasteiger partial charge in [-0.3, -0.25) is 0 Å². The third kappa shape index (κ3) is 6.13. The fraction of sp³-hybridized carbons (Fsp3) is 0.591. The Kier molecular flexibility index (Phi) is 8.42. The summed E-state index contributed by atoms with van der Waals surface area (Å²) in [5, 5.41) is 0. The molecule has 150 valence electrons. The van der Waals surface area contributed by atoms with Crippen molar-refractivity contribution in [1.29, 1.82) is 0 Å². The first-order valence-electron chi connectivity index (χ1n) is 9.81. The SMILES string of the molecule is CCCC1CCC(/C(F)=C(\F)c2ccc(C(=O)OC(C)COC)cc2)CC1. The highest BCUT2D eigenvalue weighted by Gasteiger charge is 2.26. The first-order chi connectivity index (χ1) is 13.0. The van der Waals surface area contributed by atoms with Crippen molar-refractivity contribution < 1.29 is 23.0 Å². The van der Waals surface area contributed by atoms with E-state index in [1.807, 2.05) is 0 Å². The van der Waals surface area contributed by atoms with Crippen molar-refractivity contribution in [3.8, 4) is 0 Å². The van der Waals surface area contributed by atoms with Crippen LogP contribution in [-0.2, 0) is 9.47 Å². The molecule has 0 saturated heterocycles. The first-order valence-corrected chi connectivity index (χ1v) is 9.81. The summed E-state index contributed by atoms with van der Waals surface area (Å²) >= 11 is 0. The molecule has 1 atom stereocenters. The molecular weight excluding hydrogens is 350 g/mol. The van der Waals surface area contributed by atoms with Gasteiger partial charge in [0.15, 0.2) is 5.83 Å². The summed E-state index contributed by atoms with van der Waals surface area (Å²) < 4.78 is 39.3. The molecule has 0 amide bonds. The second-order valence-corrected chi connectivity index (χ2v) is 7.42. The molecule has 0 spiro atoms. The van der Waals surface area contributed by atoms with Crippen LogP contribution in [0.5, 0.6) is 0 Å². The van der Waals surface area contributed by atoms with Gasteiger partial charge in [-0.2, -0.15) is 0 Å². The molecule has 0 N–H and O–H groups in total.